The molecular weight excluding hydrogens is 561 g/mol. The number of nitrogens with one attached hydrogen (secondary N) is 1. The van der Waals surface area contributed by atoms with Gasteiger partial charge in [-0.1, -0.05) is 65.7 Å². The summed E-state index contributed by atoms with van der Waals surface area (Å²) in [6, 6.07) is 19.0. The number of halogens is 2. The molecule has 1 amide bonds. The van der Waals surface area contributed by atoms with E-state index in [1.165, 1.54) is 25.1 Å². The maximum Gasteiger partial charge on any atom is 0.326 e. The molecule has 202 valence electrons. The van der Waals surface area contributed by atoms with E-state index in [1.807, 2.05) is 12.1 Å². The van der Waals surface area contributed by atoms with Gasteiger partial charge in [-0.25, -0.2) is 13.2 Å². The van der Waals surface area contributed by atoms with Crippen LogP contribution < -0.4 is 5.32 Å². The number of rotatable bonds is 8. The molecule has 2 N–H and O–H groups in total. The number of carbonyl (C=O) groups excluding carboxylic acids is 1. The number of carboxylic acid groups (broad SMARTS) is 1. The van der Waals surface area contributed by atoms with Crippen molar-refractivity contribution < 1.29 is 23.1 Å². The second-order valence-corrected chi connectivity index (χ2v) is 12.2. The summed E-state index contributed by atoms with van der Waals surface area (Å²) in [5.74, 6) is -1.96. The van der Waals surface area contributed by atoms with Gasteiger partial charge < -0.3 is 10.4 Å². The van der Waals surface area contributed by atoms with E-state index in [0.717, 1.165) is 15.4 Å². The van der Waals surface area contributed by atoms with Crippen molar-refractivity contribution in [2.75, 3.05) is 6.54 Å². The van der Waals surface area contributed by atoms with Crippen molar-refractivity contribution in [1.82, 2.24) is 9.62 Å². The third-order valence-electron chi connectivity index (χ3n) is 6.84. The zero-order valence-corrected chi connectivity index (χ0v) is 23.2. The van der Waals surface area contributed by atoms with Crippen molar-refractivity contribution >= 4 is 45.1 Å². The fraction of sp³-hybridized carbons (Fsp3) is 0.250. The molecular formula is C28H25Cl2N3O5S. The average Bonchev–Trinajstić information content (AvgIpc) is 3.31. The molecule has 0 aromatic heterocycles. The molecule has 1 aliphatic heterocycles. The van der Waals surface area contributed by atoms with Gasteiger partial charge in [-0.2, -0.15) is 9.57 Å². The fourth-order valence-corrected chi connectivity index (χ4v) is 7.29. The Labute approximate surface area is 236 Å². The molecule has 3 aromatic rings. The highest BCUT2D eigenvalue weighted by Crippen LogP contribution is 2.36. The number of benzene rings is 3. The molecule has 1 aliphatic rings. The molecule has 1 heterocycles. The van der Waals surface area contributed by atoms with E-state index < -0.39 is 33.5 Å². The lowest BCUT2D eigenvalue weighted by Gasteiger charge is -2.34. The minimum atomic E-state index is -4.15. The molecule has 1 unspecified atom stereocenters. The second kappa shape index (κ2) is 11.4. The Morgan fingerprint density at radius 1 is 1.10 bits per heavy atom. The van der Waals surface area contributed by atoms with Crippen LogP contribution in [-0.4, -0.2) is 47.8 Å². The normalized spacial score (nSPS) is 18.3. The minimum absolute atomic E-state index is 0.0199. The van der Waals surface area contributed by atoms with E-state index in [9.17, 15) is 28.4 Å². The molecule has 2 atom stereocenters. The molecule has 3 aromatic carbocycles. The highest BCUT2D eigenvalue weighted by molar-refractivity contribution is 7.89. The lowest BCUT2D eigenvalue weighted by molar-refractivity contribution is -0.143. The van der Waals surface area contributed by atoms with Crippen molar-refractivity contribution in [1.29, 1.82) is 5.26 Å². The van der Waals surface area contributed by atoms with Crippen LogP contribution >= 0.6 is 23.2 Å². The Morgan fingerprint density at radius 3 is 2.36 bits per heavy atom. The number of carboxylic acids is 1. The zero-order chi connectivity index (χ0) is 28.4. The number of sulfonamides is 1. The monoisotopic (exact) mass is 585 g/mol. The molecule has 0 aliphatic carbocycles. The van der Waals surface area contributed by atoms with Crippen LogP contribution in [0.3, 0.4) is 0 Å². The summed E-state index contributed by atoms with van der Waals surface area (Å²) in [5, 5.41) is 22.0. The van der Waals surface area contributed by atoms with Gasteiger partial charge in [-0.3, -0.25) is 4.79 Å². The molecule has 0 spiro atoms. The molecule has 11 heteroatoms. The van der Waals surface area contributed by atoms with Gasteiger partial charge in [-0.15, -0.1) is 0 Å². The molecule has 1 fully saturated rings. The first-order valence-corrected chi connectivity index (χ1v) is 14.3. The Hall–Kier alpha value is -3.42. The van der Waals surface area contributed by atoms with Gasteiger partial charge in [0.25, 0.3) is 0 Å². The van der Waals surface area contributed by atoms with Crippen LogP contribution in [-0.2, 0) is 26.0 Å². The van der Waals surface area contributed by atoms with Crippen molar-refractivity contribution in [2.45, 2.75) is 42.7 Å². The van der Waals surface area contributed by atoms with Crippen molar-refractivity contribution in [2.24, 2.45) is 0 Å². The Kier molecular flexibility index (Phi) is 8.33. The van der Waals surface area contributed by atoms with Crippen LogP contribution in [0.5, 0.6) is 0 Å². The topological polar surface area (TPSA) is 128 Å². The van der Waals surface area contributed by atoms with E-state index in [-0.39, 0.29) is 34.3 Å². The van der Waals surface area contributed by atoms with Gasteiger partial charge in [0.2, 0.25) is 15.9 Å². The number of nitriles is 1. The third kappa shape index (κ3) is 5.94. The van der Waals surface area contributed by atoms with Crippen LogP contribution in [0.2, 0.25) is 10.0 Å². The van der Waals surface area contributed by atoms with Gasteiger partial charge in [0.1, 0.15) is 11.6 Å². The highest BCUT2D eigenvalue weighted by Gasteiger charge is 2.50. The van der Waals surface area contributed by atoms with E-state index in [2.05, 4.69) is 11.4 Å². The number of hydrogen-bond donors (Lipinski definition) is 2. The minimum Gasteiger partial charge on any atom is -0.480 e. The van der Waals surface area contributed by atoms with Gasteiger partial charge in [-0.05, 0) is 60.7 Å². The van der Waals surface area contributed by atoms with Crippen molar-refractivity contribution in [3.63, 3.8) is 0 Å². The number of hydrogen-bond acceptors (Lipinski definition) is 5. The first-order chi connectivity index (χ1) is 18.5. The van der Waals surface area contributed by atoms with E-state index in [0.29, 0.717) is 17.5 Å². The Balaban J connectivity index is 1.54. The summed E-state index contributed by atoms with van der Waals surface area (Å²) < 4.78 is 28.0. The highest BCUT2D eigenvalue weighted by atomic mass is 35.5. The number of amides is 1. The lowest BCUT2D eigenvalue weighted by Crippen LogP contribution is -2.58. The maximum atomic E-state index is 13.5. The van der Waals surface area contributed by atoms with Crippen LogP contribution in [0, 0.1) is 11.3 Å². The summed E-state index contributed by atoms with van der Waals surface area (Å²) in [6.45, 7) is 1.57. The molecule has 39 heavy (non-hydrogen) atoms. The fourth-order valence-electron chi connectivity index (χ4n) is 4.76. The second-order valence-electron chi connectivity index (χ2n) is 9.48. The Morgan fingerprint density at radius 2 is 1.74 bits per heavy atom. The lowest BCUT2D eigenvalue weighted by atomic mass is 9.96. The summed E-state index contributed by atoms with van der Waals surface area (Å²) in [6.07, 6.45) is 0.612. The first kappa shape index (κ1) is 28.6. The van der Waals surface area contributed by atoms with Crippen LogP contribution in [0.1, 0.15) is 30.9 Å². The smallest absolute Gasteiger partial charge is 0.326 e. The van der Waals surface area contributed by atoms with Gasteiger partial charge in [0.05, 0.1) is 16.5 Å². The predicted octanol–water partition coefficient (Wildman–Crippen LogP) is 4.89. The summed E-state index contributed by atoms with van der Waals surface area (Å²) >= 11 is 12.0. The molecule has 1 saturated heterocycles. The van der Waals surface area contributed by atoms with Crippen molar-refractivity contribution in [3.8, 4) is 17.2 Å². The van der Waals surface area contributed by atoms with Crippen molar-refractivity contribution in [3.05, 3.63) is 87.9 Å². The quantitative estimate of drug-likeness (QED) is 0.387. The predicted molar refractivity (Wildman–Crippen MR) is 148 cm³/mol. The average molecular weight is 586 g/mol. The van der Waals surface area contributed by atoms with Crippen LogP contribution in [0.15, 0.2) is 71.6 Å². The Bertz CT molecular complexity index is 1550. The van der Waals surface area contributed by atoms with Gasteiger partial charge in [0.15, 0.2) is 0 Å². The first-order valence-electron chi connectivity index (χ1n) is 12.1. The van der Waals surface area contributed by atoms with Crippen LogP contribution in [0.25, 0.3) is 11.1 Å². The molecule has 8 nitrogen and oxygen atoms in total. The van der Waals surface area contributed by atoms with E-state index in [4.69, 9.17) is 23.2 Å². The number of carbonyl (C=O) groups is 2. The van der Waals surface area contributed by atoms with Gasteiger partial charge >= 0.3 is 5.97 Å². The standard InChI is InChI=1S/C28H25Cl2N3O5S/c1-28(11-4-12-33(28)39(37,38)23-15-21(29)14-22(30)16-23)27(36)32-25(26(34)35)13-18-7-9-19(10-8-18)24-6-3-2-5-20(24)17-31/h2-3,5-10,14-16,25H,4,11-13H2,1H3,(H,32,36)(H,34,35)/t25?,28-/m1/s1. The molecule has 4 rings (SSSR count). The van der Waals surface area contributed by atoms with E-state index in [1.54, 1.807) is 36.4 Å². The molecule has 0 radical (unpaired) electrons. The third-order valence-corrected chi connectivity index (χ3v) is 9.28. The summed E-state index contributed by atoms with van der Waals surface area (Å²) in [7, 11) is -4.15. The SMILES string of the molecule is C[C@]1(C(=O)NC(Cc2ccc(-c3ccccc3C#N)cc2)C(=O)O)CCCN1S(=O)(=O)c1cc(Cl)cc(Cl)c1. The van der Waals surface area contributed by atoms with Crippen LogP contribution in [0.4, 0.5) is 0 Å². The largest absolute Gasteiger partial charge is 0.480 e. The summed E-state index contributed by atoms with van der Waals surface area (Å²) in [4.78, 5) is 25.4. The number of nitrogens with zero attached hydrogens (tertiary/aromatic N) is 2. The molecule has 0 saturated carbocycles. The zero-order valence-electron chi connectivity index (χ0n) is 20.9. The van der Waals surface area contributed by atoms with Gasteiger partial charge in [0, 0.05) is 23.0 Å². The number of aliphatic carboxylic acids is 1. The summed E-state index contributed by atoms with van der Waals surface area (Å²) in [5.41, 5.74) is 1.21. The molecule has 0 bridgehead atoms. The maximum absolute atomic E-state index is 13.5. The van der Waals surface area contributed by atoms with E-state index >= 15 is 0 Å².